The minimum atomic E-state index is -1.43. The minimum Gasteiger partial charge on any atom is -0.497 e. The van der Waals surface area contributed by atoms with Gasteiger partial charge in [-0.3, -0.25) is 9.59 Å². The number of rotatable bonds is 8. The second kappa shape index (κ2) is 9.88. The number of carbonyl (C=O) groups excluding carboxylic acids is 2. The Kier molecular flexibility index (Phi) is 7.41. The molecule has 1 unspecified atom stereocenters. The van der Waals surface area contributed by atoms with Gasteiger partial charge in [-0.05, 0) is 42.7 Å². The van der Waals surface area contributed by atoms with Crippen LogP contribution in [0.3, 0.4) is 0 Å². The van der Waals surface area contributed by atoms with Crippen molar-refractivity contribution < 1.29 is 19.4 Å². The Morgan fingerprint density at radius 2 is 1.62 bits per heavy atom. The second-order valence-corrected chi connectivity index (χ2v) is 14.8. The number of anilines is 1. The van der Waals surface area contributed by atoms with E-state index in [2.05, 4.69) is 42.4 Å². The van der Waals surface area contributed by atoms with Crippen LogP contribution in [0.25, 0.3) is 0 Å². The summed E-state index contributed by atoms with van der Waals surface area (Å²) in [5.41, 5.74) is 0.352. The maximum absolute atomic E-state index is 13.2. The van der Waals surface area contributed by atoms with Crippen molar-refractivity contribution in [3.8, 4) is 5.75 Å². The lowest BCUT2D eigenvalue weighted by molar-refractivity contribution is -0.130. The molecule has 2 aromatic carbocycles. The Morgan fingerprint density at radius 3 is 2.16 bits per heavy atom. The minimum absolute atomic E-state index is 0.00214. The lowest BCUT2D eigenvalue weighted by Gasteiger charge is -2.24. The van der Waals surface area contributed by atoms with Gasteiger partial charge in [-0.15, -0.1) is 0 Å². The molecule has 0 aromatic heterocycles. The molecule has 1 fully saturated rings. The van der Waals surface area contributed by atoms with Crippen molar-refractivity contribution in [1.82, 2.24) is 5.32 Å². The molecule has 0 saturated heterocycles. The van der Waals surface area contributed by atoms with Crippen LogP contribution in [0.5, 0.6) is 5.75 Å². The van der Waals surface area contributed by atoms with Crippen molar-refractivity contribution in [2.75, 3.05) is 12.4 Å². The summed E-state index contributed by atoms with van der Waals surface area (Å²) in [6, 6.07) is 14.1. The molecule has 1 aliphatic carbocycles. The predicted octanol–water partition coefficient (Wildman–Crippen LogP) is 3.73. The molecule has 1 atom stereocenters. The fraction of sp³-hybridized carbons (Fsp3) is 0.440. The van der Waals surface area contributed by atoms with Gasteiger partial charge in [-0.2, -0.15) is 0 Å². The Hall–Kier alpha value is -2.64. The Bertz CT molecular complexity index is 930. The molecule has 0 heterocycles. The van der Waals surface area contributed by atoms with Gasteiger partial charge in [0.25, 0.3) is 5.91 Å². The second-order valence-electron chi connectivity index (χ2n) is 9.70. The van der Waals surface area contributed by atoms with Gasteiger partial charge in [0.2, 0.25) is 5.91 Å². The topological polar surface area (TPSA) is 87.7 Å². The highest BCUT2D eigenvalue weighted by molar-refractivity contribution is 6.88. The Balaban J connectivity index is 1.77. The average molecular weight is 455 g/mol. The van der Waals surface area contributed by atoms with E-state index in [-0.39, 0.29) is 18.2 Å². The maximum atomic E-state index is 13.2. The summed E-state index contributed by atoms with van der Waals surface area (Å²) in [5.74, 6) is 0.00330. The monoisotopic (exact) mass is 454 g/mol. The van der Waals surface area contributed by atoms with E-state index in [1.807, 2.05) is 12.1 Å². The summed E-state index contributed by atoms with van der Waals surface area (Å²) in [6.07, 6.45) is 3.06. The van der Waals surface area contributed by atoms with Gasteiger partial charge >= 0.3 is 0 Å². The lowest BCUT2D eigenvalue weighted by Crippen LogP contribution is -2.41. The van der Waals surface area contributed by atoms with Gasteiger partial charge in [0.15, 0.2) is 0 Å². The van der Waals surface area contributed by atoms with E-state index in [4.69, 9.17) is 4.74 Å². The van der Waals surface area contributed by atoms with Gasteiger partial charge in [0.05, 0.1) is 27.2 Å². The predicted molar refractivity (Wildman–Crippen MR) is 130 cm³/mol. The highest BCUT2D eigenvalue weighted by atomic mass is 28.3. The number of amides is 2. The van der Waals surface area contributed by atoms with Gasteiger partial charge in [0.1, 0.15) is 11.8 Å². The van der Waals surface area contributed by atoms with E-state index >= 15 is 0 Å². The summed E-state index contributed by atoms with van der Waals surface area (Å²) < 4.78 is 5.21. The summed E-state index contributed by atoms with van der Waals surface area (Å²) in [4.78, 5) is 25.9. The van der Waals surface area contributed by atoms with E-state index in [0.717, 1.165) is 12.8 Å². The van der Waals surface area contributed by atoms with Crippen LogP contribution in [-0.2, 0) is 9.59 Å². The molecule has 1 aliphatic rings. The number of hydrogen-bond acceptors (Lipinski definition) is 4. The molecule has 3 rings (SSSR count). The van der Waals surface area contributed by atoms with Crippen molar-refractivity contribution >= 4 is 30.8 Å². The summed E-state index contributed by atoms with van der Waals surface area (Å²) in [5, 5.41) is 17.7. The van der Waals surface area contributed by atoms with Gasteiger partial charge in [0, 0.05) is 5.69 Å². The van der Waals surface area contributed by atoms with Crippen LogP contribution in [0.2, 0.25) is 19.6 Å². The van der Waals surface area contributed by atoms with E-state index < -0.39 is 19.7 Å². The molecule has 0 spiro atoms. The molecule has 7 heteroatoms. The first-order valence-electron chi connectivity index (χ1n) is 11.2. The first kappa shape index (κ1) is 24.0. The summed E-state index contributed by atoms with van der Waals surface area (Å²) in [6.45, 7) is 6.82. The van der Waals surface area contributed by atoms with Crippen molar-refractivity contribution in [3.63, 3.8) is 0 Å². The molecule has 6 nitrogen and oxygen atoms in total. The van der Waals surface area contributed by atoms with E-state index in [1.165, 1.54) is 5.19 Å². The largest absolute Gasteiger partial charge is 0.497 e. The number of benzene rings is 2. The smallest absolute Gasteiger partial charge is 0.251 e. The average Bonchev–Trinajstić information content (AvgIpc) is 3.17. The molecule has 2 aromatic rings. The quantitative estimate of drug-likeness (QED) is 0.531. The molecule has 0 bridgehead atoms. The van der Waals surface area contributed by atoms with Gasteiger partial charge in [-0.1, -0.05) is 61.9 Å². The van der Waals surface area contributed by atoms with Crippen LogP contribution >= 0.6 is 0 Å². The van der Waals surface area contributed by atoms with Gasteiger partial charge in [-0.25, -0.2) is 0 Å². The zero-order valence-corrected chi connectivity index (χ0v) is 20.4. The highest BCUT2D eigenvalue weighted by Crippen LogP contribution is 2.32. The number of ether oxygens (including phenoxy) is 1. The third kappa shape index (κ3) is 6.20. The molecule has 172 valence electrons. The first-order chi connectivity index (χ1) is 15.1. The third-order valence-corrected chi connectivity index (χ3v) is 8.12. The maximum Gasteiger partial charge on any atom is 0.251 e. The Labute approximate surface area is 191 Å². The van der Waals surface area contributed by atoms with Crippen LogP contribution in [0, 0.1) is 0 Å². The fourth-order valence-corrected chi connectivity index (χ4v) is 5.25. The van der Waals surface area contributed by atoms with E-state index in [1.54, 1.807) is 31.4 Å². The van der Waals surface area contributed by atoms with Crippen molar-refractivity contribution in [2.45, 2.75) is 63.4 Å². The zero-order valence-electron chi connectivity index (χ0n) is 19.4. The van der Waals surface area contributed by atoms with Crippen LogP contribution in [0.15, 0.2) is 48.5 Å². The molecule has 0 radical (unpaired) electrons. The van der Waals surface area contributed by atoms with Crippen LogP contribution in [-0.4, -0.2) is 37.7 Å². The van der Waals surface area contributed by atoms with Crippen LogP contribution in [0.1, 0.15) is 43.7 Å². The van der Waals surface area contributed by atoms with E-state index in [9.17, 15) is 14.7 Å². The number of nitrogens with one attached hydrogen (secondary N) is 2. The number of hydrogen-bond donors (Lipinski definition) is 3. The van der Waals surface area contributed by atoms with Crippen molar-refractivity contribution in [1.29, 1.82) is 0 Å². The molecular weight excluding hydrogens is 420 g/mol. The Morgan fingerprint density at radius 1 is 1.03 bits per heavy atom. The fourth-order valence-electron chi connectivity index (χ4n) is 4.09. The molecule has 1 saturated carbocycles. The normalized spacial score (nSPS) is 16.3. The molecule has 2 amide bonds. The molecule has 0 aliphatic heterocycles. The lowest BCUT2D eigenvalue weighted by atomic mass is 9.97. The van der Waals surface area contributed by atoms with Crippen LogP contribution in [0.4, 0.5) is 5.69 Å². The third-order valence-electron chi connectivity index (χ3n) is 6.06. The summed E-state index contributed by atoms with van der Waals surface area (Å²) in [7, 11) is 0.145. The van der Waals surface area contributed by atoms with Crippen molar-refractivity contribution in [3.05, 3.63) is 54.1 Å². The van der Waals surface area contributed by atoms with Crippen molar-refractivity contribution in [2.24, 2.45) is 0 Å². The van der Waals surface area contributed by atoms with Gasteiger partial charge < -0.3 is 20.5 Å². The molecule has 3 N–H and O–H groups in total. The number of methoxy groups -OCH3 is 1. The van der Waals surface area contributed by atoms with Crippen LogP contribution < -0.4 is 20.6 Å². The molecule has 32 heavy (non-hydrogen) atoms. The SMILES string of the molecule is COc1ccc(C(NC(=O)CC2(O)CCCC2)C(=O)Nc2ccc([Si](C)(C)C)cc2)cc1. The first-order valence-corrected chi connectivity index (χ1v) is 14.7. The standard InChI is InChI=1S/C25H34N2O4Si/c1-31-20-11-7-18(8-12-20)23(27-22(28)17-25(30)15-5-6-16-25)24(29)26-19-9-13-21(14-10-19)32(2,3)4/h7-14,23,30H,5-6,15-17H2,1-4H3,(H,26,29)(H,27,28). The number of carbonyl (C=O) groups is 2. The molecular formula is C25H34N2O4Si. The highest BCUT2D eigenvalue weighted by Gasteiger charge is 2.35. The zero-order chi connectivity index (χ0) is 23.4. The number of aliphatic hydroxyl groups is 1. The summed E-state index contributed by atoms with van der Waals surface area (Å²) >= 11 is 0. The van der Waals surface area contributed by atoms with E-state index in [0.29, 0.717) is 29.8 Å².